The molecule has 1 N–H and O–H groups in total. The molecule has 1 aromatic carbocycles. The van der Waals surface area contributed by atoms with E-state index in [2.05, 4.69) is 10.1 Å². The van der Waals surface area contributed by atoms with Crippen molar-refractivity contribution in [2.24, 2.45) is 0 Å². The van der Waals surface area contributed by atoms with Crippen LogP contribution in [0.2, 0.25) is 10.0 Å². The molecule has 1 heterocycles. The third-order valence-electron chi connectivity index (χ3n) is 3.17. The zero-order valence-electron chi connectivity index (χ0n) is 12.3. The second kappa shape index (κ2) is 8.34. The van der Waals surface area contributed by atoms with Crippen molar-refractivity contribution in [1.82, 2.24) is 5.32 Å². The van der Waals surface area contributed by atoms with Crippen molar-refractivity contribution in [3.8, 4) is 0 Å². The van der Waals surface area contributed by atoms with E-state index >= 15 is 0 Å². The molecule has 0 saturated heterocycles. The average Bonchev–Trinajstić information content (AvgIpc) is 3.04. The van der Waals surface area contributed by atoms with Gasteiger partial charge >= 0.3 is 5.97 Å². The van der Waals surface area contributed by atoms with E-state index in [0.29, 0.717) is 10.0 Å². The Morgan fingerprint density at radius 2 is 2.04 bits per heavy atom. The molecule has 2 aromatic rings. The van der Waals surface area contributed by atoms with Crippen molar-refractivity contribution < 1.29 is 14.3 Å². The number of carbonyl (C=O) groups excluding carboxylic acids is 2. The number of hydrogen-bond acceptors (Lipinski definition) is 4. The number of methoxy groups -OCH3 is 1. The lowest BCUT2D eigenvalue weighted by atomic mass is 10.1. The number of thiophene rings is 1. The lowest BCUT2D eigenvalue weighted by molar-refractivity contribution is -0.141. The number of hydrogen-bond donors (Lipinski definition) is 1. The van der Waals surface area contributed by atoms with Gasteiger partial charge in [-0.1, -0.05) is 35.3 Å². The molecule has 1 amide bonds. The van der Waals surface area contributed by atoms with Gasteiger partial charge in [-0.05, 0) is 29.1 Å². The number of nitrogens with one attached hydrogen (secondary N) is 1. The molecule has 0 spiro atoms. The van der Waals surface area contributed by atoms with Crippen LogP contribution in [0.1, 0.15) is 22.9 Å². The standard InChI is InChI=1S/C16H15Cl2NO3S/c1-22-16(21)9-13(14-3-2-6-23-14)19-15(20)8-10-4-5-11(17)12(18)7-10/h2-7,13H,8-9H2,1H3,(H,19,20)/t13-/m0/s1. The van der Waals surface area contributed by atoms with Crippen molar-refractivity contribution in [1.29, 1.82) is 0 Å². The predicted octanol–water partition coefficient (Wildman–Crippen LogP) is 4.02. The highest BCUT2D eigenvalue weighted by Crippen LogP contribution is 2.24. The number of benzene rings is 1. The molecule has 4 nitrogen and oxygen atoms in total. The average molecular weight is 372 g/mol. The van der Waals surface area contributed by atoms with Gasteiger partial charge < -0.3 is 10.1 Å². The van der Waals surface area contributed by atoms with Crippen LogP contribution in [0.25, 0.3) is 0 Å². The maximum absolute atomic E-state index is 12.2. The molecule has 0 unspecified atom stereocenters. The van der Waals surface area contributed by atoms with Crippen LogP contribution in [0, 0.1) is 0 Å². The van der Waals surface area contributed by atoms with Gasteiger partial charge in [0, 0.05) is 4.88 Å². The Morgan fingerprint density at radius 3 is 2.65 bits per heavy atom. The summed E-state index contributed by atoms with van der Waals surface area (Å²) in [5.74, 6) is -0.580. The van der Waals surface area contributed by atoms with Gasteiger partial charge in [-0.2, -0.15) is 0 Å². The van der Waals surface area contributed by atoms with Crippen LogP contribution in [0.15, 0.2) is 35.7 Å². The van der Waals surface area contributed by atoms with Gasteiger partial charge in [0.15, 0.2) is 0 Å². The molecule has 0 aliphatic rings. The Morgan fingerprint density at radius 1 is 1.26 bits per heavy atom. The van der Waals surface area contributed by atoms with E-state index in [4.69, 9.17) is 23.2 Å². The molecule has 1 aromatic heterocycles. The second-order valence-corrected chi connectivity index (χ2v) is 6.63. The van der Waals surface area contributed by atoms with Crippen LogP contribution >= 0.6 is 34.5 Å². The van der Waals surface area contributed by atoms with E-state index in [1.807, 2.05) is 17.5 Å². The smallest absolute Gasteiger partial charge is 0.307 e. The van der Waals surface area contributed by atoms with Crippen LogP contribution in [-0.2, 0) is 20.7 Å². The highest BCUT2D eigenvalue weighted by Gasteiger charge is 2.20. The summed E-state index contributed by atoms with van der Waals surface area (Å²) in [6.45, 7) is 0. The van der Waals surface area contributed by atoms with E-state index in [-0.39, 0.29) is 24.7 Å². The zero-order valence-corrected chi connectivity index (χ0v) is 14.7. The molecule has 0 aliphatic carbocycles. The maximum atomic E-state index is 12.2. The number of ether oxygens (including phenoxy) is 1. The molecule has 2 rings (SSSR count). The summed E-state index contributed by atoms with van der Waals surface area (Å²) in [7, 11) is 1.32. The molecule has 0 aliphatic heterocycles. The normalized spacial score (nSPS) is 11.8. The van der Waals surface area contributed by atoms with E-state index in [9.17, 15) is 9.59 Å². The quantitative estimate of drug-likeness (QED) is 0.780. The first-order valence-electron chi connectivity index (χ1n) is 6.83. The third kappa shape index (κ3) is 5.23. The molecule has 1 atom stereocenters. The van der Waals surface area contributed by atoms with Crippen LogP contribution in [0.3, 0.4) is 0 Å². The van der Waals surface area contributed by atoms with Crippen molar-refractivity contribution in [3.63, 3.8) is 0 Å². The molecular formula is C16H15Cl2NO3S. The minimum atomic E-state index is -0.405. The number of esters is 1. The highest BCUT2D eigenvalue weighted by molar-refractivity contribution is 7.10. The van der Waals surface area contributed by atoms with Crippen LogP contribution in [0.5, 0.6) is 0 Å². The summed E-state index contributed by atoms with van der Waals surface area (Å²) in [6, 6.07) is 8.39. The van der Waals surface area contributed by atoms with Crippen molar-refractivity contribution >= 4 is 46.4 Å². The first kappa shape index (κ1) is 17.8. The number of amides is 1. The summed E-state index contributed by atoms with van der Waals surface area (Å²) >= 11 is 13.3. The monoisotopic (exact) mass is 371 g/mol. The van der Waals surface area contributed by atoms with Gasteiger partial charge in [0.2, 0.25) is 5.91 Å². The second-order valence-electron chi connectivity index (χ2n) is 4.84. The number of carbonyl (C=O) groups is 2. The van der Waals surface area contributed by atoms with E-state index in [1.165, 1.54) is 18.4 Å². The summed E-state index contributed by atoms with van der Waals surface area (Å²) in [4.78, 5) is 24.7. The van der Waals surface area contributed by atoms with Crippen LogP contribution in [-0.4, -0.2) is 19.0 Å². The van der Waals surface area contributed by atoms with Gasteiger partial charge in [0.25, 0.3) is 0 Å². The molecular weight excluding hydrogens is 357 g/mol. The minimum Gasteiger partial charge on any atom is -0.469 e. The molecule has 23 heavy (non-hydrogen) atoms. The Hall–Kier alpha value is -1.56. The molecule has 0 fully saturated rings. The molecule has 0 saturated carbocycles. The summed E-state index contributed by atoms with van der Waals surface area (Å²) in [5.41, 5.74) is 0.750. The first-order valence-corrected chi connectivity index (χ1v) is 8.46. The fraction of sp³-hybridized carbons (Fsp3) is 0.250. The molecule has 122 valence electrons. The fourth-order valence-electron chi connectivity index (χ4n) is 2.04. The van der Waals surface area contributed by atoms with Crippen molar-refractivity contribution in [2.45, 2.75) is 18.9 Å². The Labute approximate surface area is 148 Å². The summed E-state index contributed by atoms with van der Waals surface area (Å²) in [5, 5.41) is 5.60. The lowest BCUT2D eigenvalue weighted by Gasteiger charge is -2.16. The van der Waals surface area contributed by atoms with Gasteiger partial charge in [-0.3, -0.25) is 9.59 Å². The van der Waals surface area contributed by atoms with Gasteiger partial charge in [0.05, 0.1) is 36.0 Å². The fourth-order valence-corrected chi connectivity index (χ4v) is 3.14. The van der Waals surface area contributed by atoms with Gasteiger partial charge in [0.1, 0.15) is 0 Å². The third-order valence-corrected chi connectivity index (χ3v) is 4.89. The van der Waals surface area contributed by atoms with E-state index in [1.54, 1.807) is 18.2 Å². The maximum Gasteiger partial charge on any atom is 0.307 e. The topological polar surface area (TPSA) is 55.4 Å². The Kier molecular flexibility index (Phi) is 6.45. The van der Waals surface area contributed by atoms with Crippen LogP contribution in [0.4, 0.5) is 0 Å². The summed E-state index contributed by atoms with van der Waals surface area (Å²) in [6.07, 6.45) is 0.240. The SMILES string of the molecule is COC(=O)C[C@H](NC(=O)Cc1ccc(Cl)c(Cl)c1)c1cccs1. The molecule has 7 heteroatoms. The summed E-state index contributed by atoms with van der Waals surface area (Å²) < 4.78 is 4.69. The zero-order chi connectivity index (χ0) is 16.8. The van der Waals surface area contributed by atoms with E-state index < -0.39 is 6.04 Å². The van der Waals surface area contributed by atoms with Crippen LogP contribution < -0.4 is 5.32 Å². The van der Waals surface area contributed by atoms with Crippen molar-refractivity contribution in [3.05, 3.63) is 56.2 Å². The molecule has 0 radical (unpaired) electrons. The first-order chi connectivity index (χ1) is 11.0. The highest BCUT2D eigenvalue weighted by atomic mass is 35.5. The lowest BCUT2D eigenvalue weighted by Crippen LogP contribution is -2.31. The van der Waals surface area contributed by atoms with E-state index in [0.717, 1.165) is 10.4 Å². The van der Waals surface area contributed by atoms with Gasteiger partial charge in [-0.15, -0.1) is 11.3 Å². The Balaban J connectivity index is 2.04. The largest absolute Gasteiger partial charge is 0.469 e. The molecule has 0 bridgehead atoms. The number of halogens is 2. The number of rotatable bonds is 6. The van der Waals surface area contributed by atoms with Crippen molar-refractivity contribution in [2.75, 3.05) is 7.11 Å². The predicted molar refractivity (Wildman–Crippen MR) is 92.0 cm³/mol. The van der Waals surface area contributed by atoms with Gasteiger partial charge in [-0.25, -0.2) is 0 Å². The Bertz CT molecular complexity index is 689. The minimum absolute atomic E-state index is 0.0874.